The van der Waals surface area contributed by atoms with Gasteiger partial charge in [-0.1, -0.05) is 29.8 Å². The lowest BCUT2D eigenvalue weighted by Gasteiger charge is -2.13. The van der Waals surface area contributed by atoms with Crippen LogP contribution in [0.1, 0.15) is 22.7 Å². The summed E-state index contributed by atoms with van der Waals surface area (Å²) in [7, 11) is 1.55. The van der Waals surface area contributed by atoms with Crippen LogP contribution in [0.25, 0.3) is 0 Å². The number of pyridine rings is 1. The summed E-state index contributed by atoms with van der Waals surface area (Å²) in [5.74, 6) is 0.305. The second kappa shape index (κ2) is 6.85. The fourth-order valence-corrected chi connectivity index (χ4v) is 1.90. The number of carbonyl (C=O) groups excluding carboxylic acids is 1. The zero-order valence-electron chi connectivity index (χ0n) is 12.2. The Hall–Kier alpha value is -2.40. The molecule has 1 unspecified atom stereocenters. The van der Waals surface area contributed by atoms with Crippen molar-refractivity contribution in [3.05, 3.63) is 59.3 Å². The van der Waals surface area contributed by atoms with Crippen LogP contribution in [0.5, 0.6) is 5.88 Å². The molecule has 0 saturated heterocycles. The molecule has 1 amide bonds. The number of ether oxygens (including phenoxy) is 1. The highest BCUT2D eigenvalue weighted by Crippen LogP contribution is 2.12. The van der Waals surface area contributed by atoms with Crippen LogP contribution in [-0.4, -0.2) is 18.0 Å². The Labute approximate surface area is 124 Å². The minimum Gasteiger partial charge on any atom is -0.481 e. The average molecular weight is 285 g/mol. The Balaban J connectivity index is 1.96. The van der Waals surface area contributed by atoms with Crippen molar-refractivity contribution in [1.82, 2.24) is 10.3 Å². The first kappa shape index (κ1) is 15.0. The molecule has 5 nitrogen and oxygen atoms in total. The standard InChI is InChI=1S/C16H19N3O2/c1-11-3-5-13(6-4-11)15(17)16(20)19-10-12-7-8-18-14(9-12)21-2/h3-9,15H,10,17H2,1-2H3,(H,19,20). The van der Waals surface area contributed by atoms with Crippen molar-refractivity contribution >= 4 is 5.91 Å². The summed E-state index contributed by atoms with van der Waals surface area (Å²) in [6.45, 7) is 2.38. The van der Waals surface area contributed by atoms with Gasteiger partial charge in [0.1, 0.15) is 6.04 Å². The second-order valence-corrected chi connectivity index (χ2v) is 4.81. The molecule has 110 valence electrons. The van der Waals surface area contributed by atoms with Crippen LogP contribution in [0.15, 0.2) is 42.6 Å². The fourth-order valence-electron chi connectivity index (χ4n) is 1.90. The minimum absolute atomic E-state index is 0.213. The van der Waals surface area contributed by atoms with E-state index < -0.39 is 6.04 Å². The van der Waals surface area contributed by atoms with Crippen LogP contribution >= 0.6 is 0 Å². The van der Waals surface area contributed by atoms with Crippen molar-refractivity contribution < 1.29 is 9.53 Å². The lowest BCUT2D eigenvalue weighted by Crippen LogP contribution is -2.33. The van der Waals surface area contributed by atoms with Gasteiger partial charge in [0.2, 0.25) is 11.8 Å². The van der Waals surface area contributed by atoms with Gasteiger partial charge in [-0.15, -0.1) is 0 Å². The number of rotatable bonds is 5. The highest BCUT2D eigenvalue weighted by molar-refractivity contribution is 5.82. The Morgan fingerprint density at radius 1 is 1.33 bits per heavy atom. The molecule has 0 bridgehead atoms. The first-order chi connectivity index (χ1) is 10.1. The van der Waals surface area contributed by atoms with Gasteiger partial charge >= 0.3 is 0 Å². The third kappa shape index (κ3) is 4.03. The molecule has 1 atom stereocenters. The zero-order valence-corrected chi connectivity index (χ0v) is 12.2. The minimum atomic E-state index is -0.672. The number of nitrogens with one attached hydrogen (secondary N) is 1. The summed E-state index contributed by atoms with van der Waals surface area (Å²) in [5, 5.41) is 2.82. The van der Waals surface area contributed by atoms with Crippen molar-refractivity contribution in [2.45, 2.75) is 19.5 Å². The van der Waals surface area contributed by atoms with Gasteiger partial charge < -0.3 is 15.8 Å². The molecule has 1 heterocycles. The van der Waals surface area contributed by atoms with Crippen LogP contribution in [0.3, 0.4) is 0 Å². The van der Waals surface area contributed by atoms with E-state index in [1.165, 1.54) is 0 Å². The first-order valence-corrected chi connectivity index (χ1v) is 6.69. The summed E-state index contributed by atoms with van der Waals surface area (Å²) < 4.78 is 5.04. The normalized spacial score (nSPS) is 11.8. The molecule has 0 aliphatic rings. The lowest BCUT2D eigenvalue weighted by atomic mass is 10.1. The van der Waals surface area contributed by atoms with Crippen molar-refractivity contribution in [2.24, 2.45) is 5.73 Å². The summed E-state index contributed by atoms with van der Waals surface area (Å²) in [6, 6.07) is 10.5. The maximum absolute atomic E-state index is 12.1. The molecule has 1 aromatic heterocycles. The molecule has 0 aliphatic heterocycles. The summed E-state index contributed by atoms with van der Waals surface area (Å²) >= 11 is 0. The number of nitrogens with zero attached hydrogens (tertiary/aromatic N) is 1. The number of hydrogen-bond donors (Lipinski definition) is 2. The van der Waals surface area contributed by atoms with E-state index in [-0.39, 0.29) is 5.91 Å². The van der Waals surface area contributed by atoms with Gasteiger partial charge in [0.15, 0.2) is 0 Å². The Morgan fingerprint density at radius 2 is 2.05 bits per heavy atom. The molecule has 0 radical (unpaired) electrons. The number of nitrogens with two attached hydrogens (primary N) is 1. The predicted octanol–water partition coefficient (Wildman–Crippen LogP) is 1.71. The molecule has 21 heavy (non-hydrogen) atoms. The maximum atomic E-state index is 12.1. The Bertz CT molecular complexity index is 611. The fraction of sp³-hybridized carbons (Fsp3) is 0.250. The van der Waals surface area contributed by atoms with Crippen LogP contribution in [0.2, 0.25) is 0 Å². The van der Waals surface area contributed by atoms with E-state index in [4.69, 9.17) is 10.5 Å². The molecule has 2 rings (SSSR count). The van der Waals surface area contributed by atoms with E-state index in [1.807, 2.05) is 37.3 Å². The molecule has 0 saturated carbocycles. The number of hydrogen-bond acceptors (Lipinski definition) is 4. The van der Waals surface area contributed by atoms with Gasteiger partial charge in [0.05, 0.1) is 7.11 Å². The van der Waals surface area contributed by atoms with Gasteiger partial charge in [-0.05, 0) is 24.1 Å². The number of aryl methyl sites for hydroxylation is 1. The zero-order chi connectivity index (χ0) is 15.2. The molecule has 3 N–H and O–H groups in total. The number of aromatic nitrogens is 1. The van der Waals surface area contributed by atoms with Crippen LogP contribution in [-0.2, 0) is 11.3 Å². The quantitative estimate of drug-likeness (QED) is 0.877. The highest BCUT2D eigenvalue weighted by atomic mass is 16.5. The summed E-state index contributed by atoms with van der Waals surface area (Å²) in [5.41, 5.74) is 8.80. The van der Waals surface area contributed by atoms with Gasteiger partial charge in [0.25, 0.3) is 0 Å². The number of methoxy groups -OCH3 is 1. The van der Waals surface area contributed by atoms with Crippen LogP contribution in [0.4, 0.5) is 0 Å². The molecular weight excluding hydrogens is 266 g/mol. The number of benzene rings is 1. The smallest absolute Gasteiger partial charge is 0.241 e. The van der Waals surface area contributed by atoms with E-state index in [2.05, 4.69) is 10.3 Å². The van der Waals surface area contributed by atoms with Gasteiger partial charge in [0, 0.05) is 18.8 Å². The van der Waals surface area contributed by atoms with Gasteiger partial charge in [-0.2, -0.15) is 0 Å². The third-order valence-electron chi connectivity index (χ3n) is 3.19. The van der Waals surface area contributed by atoms with E-state index in [0.29, 0.717) is 12.4 Å². The monoisotopic (exact) mass is 285 g/mol. The first-order valence-electron chi connectivity index (χ1n) is 6.69. The number of amides is 1. The van der Waals surface area contributed by atoms with Crippen molar-refractivity contribution in [1.29, 1.82) is 0 Å². The highest BCUT2D eigenvalue weighted by Gasteiger charge is 2.15. The van der Waals surface area contributed by atoms with Crippen molar-refractivity contribution in [3.63, 3.8) is 0 Å². The molecule has 2 aromatic rings. The summed E-state index contributed by atoms with van der Waals surface area (Å²) in [6.07, 6.45) is 1.64. The molecule has 5 heteroatoms. The molecule has 0 fully saturated rings. The Kier molecular flexibility index (Phi) is 4.90. The maximum Gasteiger partial charge on any atom is 0.241 e. The van der Waals surface area contributed by atoms with Crippen molar-refractivity contribution in [2.75, 3.05) is 7.11 Å². The Morgan fingerprint density at radius 3 is 2.71 bits per heavy atom. The van der Waals surface area contributed by atoms with Crippen LogP contribution < -0.4 is 15.8 Å². The molecule has 0 spiro atoms. The van der Waals surface area contributed by atoms with Gasteiger partial charge in [-0.3, -0.25) is 4.79 Å². The SMILES string of the molecule is COc1cc(CNC(=O)C(N)c2ccc(C)cc2)ccn1. The predicted molar refractivity (Wildman–Crippen MR) is 80.7 cm³/mol. The average Bonchev–Trinajstić information content (AvgIpc) is 2.53. The van der Waals surface area contributed by atoms with E-state index >= 15 is 0 Å². The third-order valence-corrected chi connectivity index (χ3v) is 3.19. The van der Waals surface area contributed by atoms with E-state index in [0.717, 1.165) is 16.7 Å². The van der Waals surface area contributed by atoms with Gasteiger partial charge in [-0.25, -0.2) is 4.98 Å². The van der Waals surface area contributed by atoms with Crippen molar-refractivity contribution in [3.8, 4) is 5.88 Å². The topological polar surface area (TPSA) is 77.2 Å². The van der Waals surface area contributed by atoms with Crippen LogP contribution in [0, 0.1) is 6.92 Å². The lowest BCUT2D eigenvalue weighted by molar-refractivity contribution is -0.122. The summed E-state index contributed by atoms with van der Waals surface area (Å²) in [4.78, 5) is 16.1. The number of carbonyl (C=O) groups is 1. The van der Waals surface area contributed by atoms with E-state index in [9.17, 15) is 4.79 Å². The molecular formula is C16H19N3O2. The molecule has 0 aliphatic carbocycles. The second-order valence-electron chi connectivity index (χ2n) is 4.81. The van der Waals surface area contributed by atoms with E-state index in [1.54, 1.807) is 19.4 Å². The largest absolute Gasteiger partial charge is 0.481 e. The molecule has 1 aromatic carbocycles.